The smallest absolute Gasteiger partial charge is 0.0979 e. The van der Waals surface area contributed by atoms with Gasteiger partial charge >= 0.3 is 0 Å². The topological polar surface area (TPSA) is 38.4 Å². The van der Waals surface area contributed by atoms with Gasteiger partial charge in [-0.05, 0) is 43.3 Å². The molecule has 0 heterocycles. The second-order valence-corrected chi connectivity index (χ2v) is 6.97. The van der Waals surface area contributed by atoms with Crippen molar-refractivity contribution in [1.82, 2.24) is 0 Å². The van der Waals surface area contributed by atoms with Crippen molar-refractivity contribution in [2.45, 2.75) is 71.9 Å². The Labute approximate surface area is 142 Å². The molecule has 2 aliphatic rings. The van der Waals surface area contributed by atoms with Gasteiger partial charge in [0.2, 0.25) is 0 Å². The van der Waals surface area contributed by atoms with Gasteiger partial charge in [-0.3, -0.25) is 4.99 Å². The van der Waals surface area contributed by atoms with Crippen LogP contribution in [0.25, 0.3) is 0 Å². The summed E-state index contributed by atoms with van der Waals surface area (Å²) in [6.45, 7) is 6.76. The summed E-state index contributed by atoms with van der Waals surface area (Å²) in [5.41, 5.74) is 11.7. The van der Waals surface area contributed by atoms with Gasteiger partial charge in [0, 0.05) is 0 Å². The zero-order valence-corrected chi connectivity index (χ0v) is 15.0. The minimum atomic E-state index is -0.0788. The zero-order chi connectivity index (χ0) is 16.7. The van der Waals surface area contributed by atoms with Crippen LogP contribution in [0.1, 0.15) is 65.7 Å². The molecule has 23 heavy (non-hydrogen) atoms. The first-order chi connectivity index (χ1) is 11.1. The second kappa shape index (κ2) is 9.02. The summed E-state index contributed by atoms with van der Waals surface area (Å²) in [4.78, 5) is 4.78. The fourth-order valence-corrected chi connectivity index (χ4v) is 3.29. The average Bonchev–Trinajstić information content (AvgIpc) is 3.15. The molecule has 0 aromatic carbocycles. The van der Waals surface area contributed by atoms with Gasteiger partial charge in [0.15, 0.2) is 0 Å². The molecule has 2 rings (SSSR count). The molecule has 0 aliphatic heterocycles. The summed E-state index contributed by atoms with van der Waals surface area (Å²) >= 11 is 0. The van der Waals surface area contributed by atoms with E-state index in [0.29, 0.717) is 5.92 Å². The number of hydrogen-bond acceptors (Lipinski definition) is 2. The SMILES string of the molecule is CCCCC(C)CC(N)/N=C1\C=CC=C1CC1=CC=C(CC)C1. The Morgan fingerprint density at radius 1 is 1.17 bits per heavy atom. The molecule has 0 saturated carbocycles. The van der Waals surface area contributed by atoms with E-state index in [2.05, 4.69) is 51.2 Å². The highest BCUT2D eigenvalue weighted by molar-refractivity contribution is 6.11. The van der Waals surface area contributed by atoms with Crippen LogP contribution in [-0.2, 0) is 0 Å². The van der Waals surface area contributed by atoms with Crippen molar-refractivity contribution in [2.24, 2.45) is 16.6 Å². The van der Waals surface area contributed by atoms with E-state index in [1.165, 1.54) is 36.0 Å². The Bertz CT molecular complexity index is 546. The minimum absolute atomic E-state index is 0.0788. The summed E-state index contributed by atoms with van der Waals surface area (Å²) in [6, 6.07) is 0. The molecule has 0 spiro atoms. The summed E-state index contributed by atoms with van der Waals surface area (Å²) in [6.07, 6.45) is 18.9. The quantitative estimate of drug-likeness (QED) is 0.601. The molecule has 0 radical (unpaired) electrons. The predicted octanol–water partition coefficient (Wildman–Crippen LogP) is 5.48. The zero-order valence-electron chi connectivity index (χ0n) is 15.0. The lowest BCUT2D eigenvalue weighted by Crippen LogP contribution is -2.22. The number of allylic oxidation sites excluding steroid dienone is 8. The predicted molar refractivity (Wildman–Crippen MR) is 102 cm³/mol. The van der Waals surface area contributed by atoms with Gasteiger partial charge in [0.25, 0.3) is 0 Å². The highest BCUT2D eigenvalue weighted by Gasteiger charge is 2.15. The van der Waals surface area contributed by atoms with Crippen LogP contribution in [0.4, 0.5) is 0 Å². The fourth-order valence-electron chi connectivity index (χ4n) is 3.29. The minimum Gasteiger partial charge on any atom is -0.310 e. The van der Waals surface area contributed by atoms with Gasteiger partial charge in [-0.15, -0.1) is 0 Å². The van der Waals surface area contributed by atoms with Crippen LogP contribution in [-0.4, -0.2) is 11.9 Å². The van der Waals surface area contributed by atoms with E-state index in [9.17, 15) is 0 Å². The molecule has 2 heteroatoms. The summed E-state index contributed by atoms with van der Waals surface area (Å²) < 4.78 is 0. The molecule has 2 aliphatic carbocycles. The van der Waals surface area contributed by atoms with Gasteiger partial charge in [-0.25, -0.2) is 0 Å². The number of rotatable bonds is 9. The lowest BCUT2D eigenvalue weighted by atomic mass is 9.98. The standard InChI is InChI=1S/C21H32N2/c1-4-6-8-16(3)13-21(22)23-20-10-7-9-19(20)15-18-12-11-17(5-2)14-18/h7,9-12,16,21H,4-6,8,13-15,22H2,1-3H3/b23-20+. The van der Waals surface area contributed by atoms with Crippen molar-refractivity contribution in [3.63, 3.8) is 0 Å². The summed E-state index contributed by atoms with van der Waals surface area (Å²) in [7, 11) is 0. The van der Waals surface area contributed by atoms with Crippen LogP contribution in [0.5, 0.6) is 0 Å². The lowest BCUT2D eigenvalue weighted by molar-refractivity contribution is 0.431. The van der Waals surface area contributed by atoms with E-state index in [4.69, 9.17) is 10.7 Å². The van der Waals surface area contributed by atoms with Gasteiger partial charge in [-0.2, -0.15) is 0 Å². The monoisotopic (exact) mass is 312 g/mol. The Morgan fingerprint density at radius 3 is 2.65 bits per heavy atom. The highest BCUT2D eigenvalue weighted by atomic mass is 14.9. The third-order valence-corrected chi connectivity index (χ3v) is 4.76. The van der Waals surface area contributed by atoms with Crippen LogP contribution in [0.2, 0.25) is 0 Å². The molecular weight excluding hydrogens is 280 g/mol. The number of unbranched alkanes of at least 4 members (excludes halogenated alkanes) is 1. The van der Waals surface area contributed by atoms with E-state index in [1.54, 1.807) is 0 Å². The van der Waals surface area contributed by atoms with Crippen LogP contribution in [0.15, 0.2) is 52.1 Å². The second-order valence-electron chi connectivity index (χ2n) is 6.97. The number of hydrogen-bond donors (Lipinski definition) is 1. The Kier molecular flexibility index (Phi) is 7.04. The molecule has 2 nitrogen and oxygen atoms in total. The molecule has 2 N–H and O–H groups in total. The molecule has 0 fully saturated rings. The molecule has 0 aromatic rings. The van der Waals surface area contributed by atoms with Crippen LogP contribution < -0.4 is 5.73 Å². The van der Waals surface area contributed by atoms with Crippen molar-refractivity contribution in [3.05, 3.63) is 47.1 Å². The molecule has 2 atom stereocenters. The molecule has 0 amide bonds. The summed E-state index contributed by atoms with van der Waals surface area (Å²) in [5.74, 6) is 0.654. The number of nitrogens with zero attached hydrogens (tertiary/aromatic N) is 1. The van der Waals surface area contributed by atoms with E-state index in [1.807, 2.05) is 0 Å². The normalized spacial score (nSPS) is 21.4. The van der Waals surface area contributed by atoms with Gasteiger partial charge < -0.3 is 5.73 Å². The van der Waals surface area contributed by atoms with Crippen molar-refractivity contribution in [1.29, 1.82) is 0 Å². The molecule has 2 unspecified atom stereocenters. The van der Waals surface area contributed by atoms with Crippen LogP contribution in [0, 0.1) is 5.92 Å². The molecular formula is C21H32N2. The van der Waals surface area contributed by atoms with Crippen molar-refractivity contribution in [2.75, 3.05) is 0 Å². The average molecular weight is 313 g/mol. The maximum atomic E-state index is 6.27. The first-order valence-electron chi connectivity index (χ1n) is 9.20. The van der Waals surface area contributed by atoms with E-state index in [0.717, 1.165) is 31.4 Å². The molecule has 0 aromatic heterocycles. The Balaban J connectivity index is 1.86. The summed E-state index contributed by atoms with van der Waals surface area (Å²) in [5, 5.41) is 0. The number of aliphatic imine (C=N–C) groups is 1. The van der Waals surface area contributed by atoms with Crippen LogP contribution >= 0.6 is 0 Å². The third-order valence-electron chi connectivity index (χ3n) is 4.76. The van der Waals surface area contributed by atoms with Gasteiger partial charge in [0.1, 0.15) is 0 Å². The third kappa shape index (κ3) is 5.62. The lowest BCUT2D eigenvalue weighted by Gasteiger charge is -2.15. The molecule has 0 saturated heterocycles. The van der Waals surface area contributed by atoms with Gasteiger partial charge in [-0.1, -0.05) is 75.5 Å². The first kappa shape index (κ1) is 17.9. The van der Waals surface area contributed by atoms with Crippen molar-refractivity contribution >= 4 is 5.71 Å². The Hall–Kier alpha value is -1.41. The molecule has 0 bridgehead atoms. The van der Waals surface area contributed by atoms with Crippen molar-refractivity contribution < 1.29 is 0 Å². The largest absolute Gasteiger partial charge is 0.310 e. The van der Waals surface area contributed by atoms with E-state index in [-0.39, 0.29) is 6.17 Å². The maximum Gasteiger partial charge on any atom is 0.0979 e. The van der Waals surface area contributed by atoms with E-state index >= 15 is 0 Å². The highest BCUT2D eigenvalue weighted by Crippen LogP contribution is 2.28. The fraction of sp³-hybridized carbons (Fsp3) is 0.571. The maximum absolute atomic E-state index is 6.27. The van der Waals surface area contributed by atoms with Crippen molar-refractivity contribution in [3.8, 4) is 0 Å². The first-order valence-corrected chi connectivity index (χ1v) is 9.20. The van der Waals surface area contributed by atoms with Gasteiger partial charge in [0.05, 0.1) is 11.9 Å². The molecule has 126 valence electrons. The van der Waals surface area contributed by atoms with E-state index < -0.39 is 0 Å². The Morgan fingerprint density at radius 2 is 1.96 bits per heavy atom. The number of nitrogens with two attached hydrogens (primary N) is 1. The van der Waals surface area contributed by atoms with Crippen LogP contribution in [0.3, 0.4) is 0 Å².